The Bertz CT molecular complexity index is 815. The first-order valence-corrected chi connectivity index (χ1v) is 9.71. The molecule has 3 heterocycles. The van der Waals surface area contributed by atoms with E-state index in [1.54, 1.807) is 8.82 Å². The first kappa shape index (κ1) is 16.2. The number of fused-ring (bicyclic) bond motifs is 1. The van der Waals surface area contributed by atoms with Crippen molar-refractivity contribution in [2.45, 2.75) is 26.7 Å². The maximum Gasteiger partial charge on any atom is 0.211 e. The van der Waals surface area contributed by atoms with Crippen molar-refractivity contribution in [2.75, 3.05) is 31.2 Å². The molecule has 0 spiro atoms. The van der Waals surface area contributed by atoms with Crippen LogP contribution < -0.4 is 5.32 Å². The Labute approximate surface area is 136 Å². The van der Waals surface area contributed by atoms with Crippen LogP contribution in [0.5, 0.6) is 0 Å². The summed E-state index contributed by atoms with van der Waals surface area (Å²) in [6, 6.07) is 3.92. The Hall–Kier alpha value is -1.67. The molecule has 0 bridgehead atoms. The molecular weight excluding hydrogens is 314 g/mol. The molecule has 0 aliphatic carbocycles. The molecule has 0 radical (unpaired) electrons. The van der Waals surface area contributed by atoms with E-state index < -0.39 is 10.0 Å². The van der Waals surface area contributed by atoms with Crippen LogP contribution in [0.15, 0.2) is 12.1 Å². The van der Waals surface area contributed by atoms with Gasteiger partial charge in [-0.1, -0.05) is 0 Å². The van der Waals surface area contributed by atoms with Gasteiger partial charge in [0.2, 0.25) is 10.0 Å². The molecule has 2 aromatic heterocycles. The van der Waals surface area contributed by atoms with Gasteiger partial charge in [0, 0.05) is 37.5 Å². The van der Waals surface area contributed by atoms with Gasteiger partial charge in [-0.3, -0.25) is 0 Å². The Morgan fingerprint density at radius 2 is 2.09 bits per heavy atom. The Balaban J connectivity index is 1.73. The van der Waals surface area contributed by atoms with E-state index in [4.69, 9.17) is 0 Å². The van der Waals surface area contributed by atoms with Crippen LogP contribution in [0.4, 0.5) is 5.82 Å². The zero-order valence-corrected chi connectivity index (χ0v) is 14.6. The molecule has 0 saturated carbocycles. The van der Waals surface area contributed by atoms with Crippen molar-refractivity contribution in [2.24, 2.45) is 5.92 Å². The van der Waals surface area contributed by atoms with Gasteiger partial charge in [-0.2, -0.15) is 9.61 Å². The topological polar surface area (TPSA) is 79.6 Å². The SMILES string of the molecule is Cc1cc(NCC2CCCN(S(C)(=O)=O)C2)n2nc(C)cc2n1. The molecule has 1 saturated heterocycles. The fourth-order valence-electron chi connectivity index (χ4n) is 3.08. The smallest absolute Gasteiger partial charge is 0.211 e. The highest BCUT2D eigenvalue weighted by Crippen LogP contribution is 2.20. The van der Waals surface area contributed by atoms with Crippen LogP contribution in [-0.4, -0.2) is 53.2 Å². The Morgan fingerprint density at radius 3 is 2.83 bits per heavy atom. The molecule has 0 aromatic carbocycles. The standard InChI is InChI=1S/C15H23N5O2S/c1-11-7-14(20-15(17-11)8-12(2)18-20)16-9-13-5-4-6-19(10-13)23(3,21)22/h7-8,13,16H,4-6,9-10H2,1-3H3. The lowest BCUT2D eigenvalue weighted by molar-refractivity contribution is 0.276. The summed E-state index contributed by atoms with van der Waals surface area (Å²) in [6.07, 6.45) is 3.22. The summed E-state index contributed by atoms with van der Waals surface area (Å²) in [5, 5.41) is 7.88. The molecule has 2 aromatic rings. The number of hydrogen-bond donors (Lipinski definition) is 1. The van der Waals surface area contributed by atoms with Gasteiger partial charge in [0.1, 0.15) is 5.82 Å². The number of rotatable bonds is 4. The third-order valence-electron chi connectivity index (χ3n) is 4.20. The van der Waals surface area contributed by atoms with Crippen molar-refractivity contribution in [3.63, 3.8) is 0 Å². The zero-order valence-electron chi connectivity index (χ0n) is 13.8. The molecule has 23 heavy (non-hydrogen) atoms. The summed E-state index contributed by atoms with van der Waals surface area (Å²) in [5.41, 5.74) is 2.68. The van der Waals surface area contributed by atoms with E-state index in [2.05, 4.69) is 15.4 Å². The molecule has 7 nitrogen and oxygen atoms in total. The summed E-state index contributed by atoms with van der Waals surface area (Å²) < 4.78 is 26.8. The number of anilines is 1. The third kappa shape index (κ3) is 3.64. The summed E-state index contributed by atoms with van der Waals surface area (Å²) in [7, 11) is -3.10. The maximum absolute atomic E-state index is 11.7. The van der Waals surface area contributed by atoms with Crippen molar-refractivity contribution >= 4 is 21.5 Å². The Kier molecular flexibility index (Phi) is 4.29. The van der Waals surface area contributed by atoms with Gasteiger partial charge in [-0.05, 0) is 32.6 Å². The Morgan fingerprint density at radius 1 is 1.30 bits per heavy atom. The second-order valence-electron chi connectivity index (χ2n) is 6.35. The monoisotopic (exact) mass is 337 g/mol. The molecule has 1 N–H and O–H groups in total. The second kappa shape index (κ2) is 6.09. The summed E-state index contributed by atoms with van der Waals surface area (Å²) >= 11 is 0. The lowest BCUT2D eigenvalue weighted by atomic mass is 10.00. The fraction of sp³-hybridized carbons (Fsp3) is 0.600. The van der Waals surface area contributed by atoms with Gasteiger partial charge >= 0.3 is 0 Å². The number of aryl methyl sites for hydroxylation is 2. The van der Waals surface area contributed by atoms with Crippen molar-refractivity contribution in [3.8, 4) is 0 Å². The van der Waals surface area contributed by atoms with Crippen LogP contribution in [0, 0.1) is 19.8 Å². The number of aromatic nitrogens is 3. The van der Waals surface area contributed by atoms with Gasteiger partial charge in [-0.15, -0.1) is 0 Å². The van der Waals surface area contributed by atoms with E-state index in [1.807, 2.05) is 26.0 Å². The molecule has 8 heteroatoms. The number of nitrogens with one attached hydrogen (secondary N) is 1. The van der Waals surface area contributed by atoms with Crippen LogP contribution in [0.25, 0.3) is 5.65 Å². The first-order valence-electron chi connectivity index (χ1n) is 7.86. The van der Waals surface area contributed by atoms with Crippen LogP contribution in [-0.2, 0) is 10.0 Å². The number of sulfonamides is 1. The highest BCUT2D eigenvalue weighted by molar-refractivity contribution is 7.88. The number of hydrogen-bond acceptors (Lipinski definition) is 5. The van der Waals surface area contributed by atoms with Gasteiger partial charge < -0.3 is 5.32 Å². The second-order valence-corrected chi connectivity index (χ2v) is 8.33. The van der Waals surface area contributed by atoms with Crippen LogP contribution in [0.1, 0.15) is 24.2 Å². The van der Waals surface area contributed by atoms with E-state index in [0.29, 0.717) is 19.0 Å². The fourth-order valence-corrected chi connectivity index (χ4v) is 4.03. The average molecular weight is 337 g/mol. The molecule has 0 amide bonds. The molecule has 126 valence electrons. The van der Waals surface area contributed by atoms with Gasteiger partial charge in [0.05, 0.1) is 11.9 Å². The van der Waals surface area contributed by atoms with Crippen molar-refractivity contribution in [3.05, 3.63) is 23.5 Å². The van der Waals surface area contributed by atoms with E-state index in [9.17, 15) is 8.42 Å². The quantitative estimate of drug-likeness (QED) is 0.913. The molecule has 1 aliphatic heterocycles. The van der Waals surface area contributed by atoms with Crippen LogP contribution >= 0.6 is 0 Å². The third-order valence-corrected chi connectivity index (χ3v) is 5.47. The first-order chi connectivity index (χ1) is 10.8. The van der Waals surface area contributed by atoms with Gasteiger partial charge in [0.25, 0.3) is 0 Å². The van der Waals surface area contributed by atoms with E-state index in [-0.39, 0.29) is 0 Å². The molecule has 3 rings (SSSR count). The van der Waals surface area contributed by atoms with Crippen molar-refractivity contribution in [1.82, 2.24) is 18.9 Å². The van der Waals surface area contributed by atoms with E-state index >= 15 is 0 Å². The van der Waals surface area contributed by atoms with E-state index in [1.165, 1.54) is 6.26 Å². The average Bonchev–Trinajstić information content (AvgIpc) is 2.84. The normalized spacial score (nSPS) is 20.0. The summed E-state index contributed by atoms with van der Waals surface area (Å²) in [5.74, 6) is 1.20. The largest absolute Gasteiger partial charge is 0.370 e. The molecule has 1 aliphatic rings. The predicted molar refractivity (Wildman–Crippen MR) is 90.1 cm³/mol. The van der Waals surface area contributed by atoms with Gasteiger partial charge in [-0.25, -0.2) is 17.7 Å². The molecule has 1 fully saturated rings. The molecule has 1 unspecified atom stereocenters. The summed E-state index contributed by atoms with van der Waals surface area (Å²) in [6.45, 7) is 5.84. The minimum atomic E-state index is -3.10. The summed E-state index contributed by atoms with van der Waals surface area (Å²) in [4.78, 5) is 4.47. The highest BCUT2D eigenvalue weighted by atomic mass is 32.2. The number of nitrogens with zero attached hydrogens (tertiary/aromatic N) is 4. The number of piperidine rings is 1. The highest BCUT2D eigenvalue weighted by Gasteiger charge is 2.25. The maximum atomic E-state index is 11.7. The van der Waals surface area contributed by atoms with E-state index in [0.717, 1.165) is 42.2 Å². The van der Waals surface area contributed by atoms with Gasteiger partial charge in [0.15, 0.2) is 5.65 Å². The van der Waals surface area contributed by atoms with Crippen molar-refractivity contribution < 1.29 is 8.42 Å². The van der Waals surface area contributed by atoms with Crippen molar-refractivity contribution in [1.29, 1.82) is 0 Å². The van der Waals surface area contributed by atoms with Crippen LogP contribution in [0.2, 0.25) is 0 Å². The predicted octanol–water partition coefficient (Wildman–Crippen LogP) is 1.43. The minimum Gasteiger partial charge on any atom is -0.370 e. The minimum absolute atomic E-state index is 0.304. The zero-order chi connectivity index (χ0) is 16.6. The molecular formula is C15H23N5O2S. The lowest BCUT2D eigenvalue weighted by Crippen LogP contribution is -2.41. The molecule has 1 atom stereocenters. The van der Waals surface area contributed by atoms with Crippen LogP contribution in [0.3, 0.4) is 0 Å². The lowest BCUT2D eigenvalue weighted by Gasteiger charge is -2.31.